The lowest BCUT2D eigenvalue weighted by Crippen LogP contribution is -2.17. The van der Waals surface area contributed by atoms with Crippen LogP contribution in [0.15, 0.2) is 50.4 Å². The van der Waals surface area contributed by atoms with Crippen molar-refractivity contribution in [1.82, 2.24) is 5.43 Å². The summed E-state index contributed by atoms with van der Waals surface area (Å²) >= 11 is 3.38. The van der Waals surface area contributed by atoms with Crippen LogP contribution in [0.4, 0.5) is 5.69 Å². The van der Waals surface area contributed by atoms with E-state index < -0.39 is 16.8 Å². The van der Waals surface area contributed by atoms with Crippen molar-refractivity contribution >= 4 is 50.7 Å². The number of benzene rings is 2. The molecule has 3 rings (SSSR count). The van der Waals surface area contributed by atoms with Crippen LogP contribution >= 0.6 is 15.9 Å². The van der Waals surface area contributed by atoms with E-state index in [4.69, 9.17) is 18.6 Å². The van der Waals surface area contributed by atoms with Gasteiger partial charge in [-0.25, -0.2) is 10.2 Å². The average molecular weight is 534 g/mol. The first-order valence-electron chi connectivity index (χ1n) is 10.1. The van der Waals surface area contributed by atoms with E-state index >= 15 is 0 Å². The van der Waals surface area contributed by atoms with Crippen LogP contribution in [0.3, 0.4) is 0 Å². The van der Waals surface area contributed by atoms with Gasteiger partial charge >= 0.3 is 11.9 Å². The molecule has 0 bridgehead atoms. The van der Waals surface area contributed by atoms with Crippen LogP contribution in [-0.4, -0.2) is 42.8 Å². The number of carbonyl (C=O) groups excluding carboxylic acids is 2. The van der Waals surface area contributed by atoms with E-state index in [2.05, 4.69) is 26.5 Å². The van der Waals surface area contributed by atoms with Crippen LogP contribution in [0, 0.1) is 10.1 Å². The topological polar surface area (TPSA) is 143 Å². The fraction of sp³-hybridized carbons (Fsp3) is 0.227. The fourth-order valence-corrected chi connectivity index (χ4v) is 3.45. The largest absolute Gasteiger partial charge is 0.490 e. The molecule has 0 aliphatic carbocycles. The van der Waals surface area contributed by atoms with Gasteiger partial charge in [0.2, 0.25) is 0 Å². The second-order valence-corrected chi connectivity index (χ2v) is 7.50. The molecule has 0 radical (unpaired) electrons. The summed E-state index contributed by atoms with van der Waals surface area (Å²) in [5.74, 6) is -0.495. The minimum absolute atomic E-state index is 0.0495. The van der Waals surface area contributed by atoms with Gasteiger partial charge in [0.05, 0.1) is 28.8 Å². The molecule has 11 nitrogen and oxygen atoms in total. The molecule has 0 fully saturated rings. The number of nitrogens with one attached hydrogen (secondary N) is 1. The molecule has 1 N–H and O–H groups in total. The predicted octanol–water partition coefficient (Wildman–Crippen LogP) is 4.21. The SMILES string of the molecule is CCOC(=O)COc1c(Br)cc(/C=N\NC(=O)c2cc3cc([N+](=O)[O-])ccc3o2)cc1OCC. The summed E-state index contributed by atoms with van der Waals surface area (Å²) in [5.41, 5.74) is 3.14. The van der Waals surface area contributed by atoms with Gasteiger partial charge < -0.3 is 18.6 Å². The Labute approximate surface area is 201 Å². The second-order valence-electron chi connectivity index (χ2n) is 6.65. The lowest BCUT2D eigenvalue weighted by molar-refractivity contribution is -0.384. The van der Waals surface area contributed by atoms with Crippen molar-refractivity contribution in [2.45, 2.75) is 13.8 Å². The van der Waals surface area contributed by atoms with E-state index in [0.29, 0.717) is 39.1 Å². The molecule has 2 aromatic carbocycles. The lowest BCUT2D eigenvalue weighted by Gasteiger charge is -2.14. The first-order chi connectivity index (χ1) is 16.3. The van der Waals surface area contributed by atoms with Crippen LogP contribution in [0.25, 0.3) is 11.0 Å². The van der Waals surface area contributed by atoms with Crippen LogP contribution in [0.5, 0.6) is 11.5 Å². The summed E-state index contributed by atoms with van der Waals surface area (Å²) in [7, 11) is 0. The van der Waals surface area contributed by atoms with Crippen molar-refractivity contribution in [2.24, 2.45) is 5.10 Å². The first kappa shape index (κ1) is 24.7. The number of nitro groups is 1. The molecule has 1 heterocycles. The Hall–Kier alpha value is -3.93. The molecule has 0 spiro atoms. The zero-order valence-corrected chi connectivity index (χ0v) is 19.8. The number of carbonyl (C=O) groups is 2. The van der Waals surface area contributed by atoms with Crippen LogP contribution in [-0.2, 0) is 9.53 Å². The van der Waals surface area contributed by atoms with E-state index in [9.17, 15) is 19.7 Å². The third-order valence-corrected chi connectivity index (χ3v) is 4.87. The van der Waals surface area contributed by atoms with Crippen molar-refractivity contribution in [1.29, 1.82) is 0 Å². The van der Waals surface area contributed by atoms with Crippen LogP contribution in [0.1, 0.15) is 30.0 Å². The molecule has 178 valence electrons. The van der Waals surface area contributed by atoms with Gasteiger partial charge in [0.25, 0.3) is 5.69 Å². The smallest absolute Gasteiger partial charge is 0.344 e. The Balaban J connectivity index is 1.72. The summed E-state index contributed by atoms with van der Waals surface area (Å²) in [5, 5.41) is 15.2. The normalized spacial score (nSPS) is 10.9. The summed E-state index contributed by atoms with van der Waals surface area (Å²) in [6, 6.07) is 8.72. The lowest BCUT2D eigenvalue weighted by atomic mass is 10.2. The van der Waals surface area contributed by atoms with Crippen molar-refractivity contribution in [3.05, 3.63) is 62.3 Å². The molecule has 0 aliphatic rings. The molecule has 1 aromatic heterocycles. The van der Waals surface area contributed by atoms with Gasteiger partial charge in [0.1, 0.15) is 5.58 Å². The highest BCUT2D eigenvalue weighted by molar-refractivity contribution is 9.10. The Kier molecular flexibility index (Phi) is 8.19. The molecule has 0 saturated heterocycles. The zero-order chi connectivity index (χ0) is 24.7. The van der Waals surface area contributed by atoms with E-state index in [1.165, 1.54) is 30.5 Å². The van der Waals surface area contributed by atoms with Gasteiger partial charge in [-0.1, -0.05) is 0 Å². The molecular formula is C22H20BrN3O8. The number of hydrogen-bond acceptors (Lipinski definition) is 9. The number of halogens is 1. The molecule has 0 unspecified atom stereocenters. The zero-order valence-electron chi connectivity index (χ0n) is 18.2. The van der Waals surface area contributed by atoms with Gasteiger partial charge in [0.15, 0.2) is 23.9 Å². The highest BCUT2D eigenvalue weighted by Crippen LogP contribution is 2.36. The molecule has 1 amide bonds. The second kappa shape index (κ2) is 11.3. The number of amides is 1. The fourth-order valence-electron chi connectivity index (χ4n) is 2.88. The number of fused-ring (bicyclic) bond motifs is 1. The molecule has 12 heteroatoms. The number of furan rings is 1. The van der Waals surface area contributed by atoms with E-state index in [1.54, 1.807) is 26.0 Å². The summed E-state index contributed by atoms with van der Waals surface area (Å²) in [4.78, 5) is 34.3. The maximum atomic E-state index is 12.4. The minimum atomic E-state index is -0.631. The monoisotopic (exact) mass is 533 g/mol. The molecule has 3 aromatic rings. The first-order valence-corrected chi connectivity index (χ1v) is 10.9. The molecular weight excluding hydrogens is 514 g/mol. The number of nitro benzene ring substituents is 1. The average Bonchev–Trinajstić information content (AvgIpc) is 3.22. The number of esters is 1. The van der Waals surface area contributed by atoms with Crippen LogP contribution in [0.2, 0.25) is 0 Å². The molecule has 0 aliphatic heterocycles. The number of rotatable bonds is 10. The Bertz CT molecular complexity index is 1250. The van der Waals surface area contributed by atoms with Crippen molar-refractivity contribution in [3.63, 3.8) is 0 Å². The van der Waals surface area contributed by atoms with Gasteiger partial charge in [-0.15, -0.1) is 0 Å². The van der Waals surface area contributed by atoms with Gasteiger partial charge in [-0.3, -0.25) is 14.9 Å². The minimum Gasteiger partial charge on any atom is -0.490 e. The van der Waals surface area contributed by atoms with Crippen molar-refractivity contribution in [3.8, 4) is 11.5 Å². The van der Waals surface area contributed by atoms with Gasteiger partial charge in [-0.2, -0.15) is 5.10 Å². The van der Waals surface area contributed by atoms with Gasteiger partial charge in [-0.05, 0) is 59.6 Å². The van der Waals surface area contributed by atoms with Crippen molar-refractivity contribution < 1.29 is 33.1 Å². The number of ether oxygens (including phenoxy) is 3. The van der Waals surface area contributed by atoms with E-state index in [1.807, 2.05) is 0 Å². The summed E-state index contributed by atoms with van der Waals surface area (Å²) in [6.45, 7) is 3.82. The molecule has 0 atom stereocenters. The molecule has 34 heavy (non-hydrogen) atoms. The van der Waals surface area contributed by atoms with E-state index in [-0.39, 0.29) is 24.7 Å². The Morgan fingerprint density at radius 1 is 1.18 bits per heavy atom. The highest BCUT2D eigenvalue weighted by Gasteiger charge is 2.16. The number of hydrogen-bond donors (Lipinski definition) is 1. The van der Waals surface area contributed by atoms with Crippen molar-refractivity contribution in [2.75, 3.05) is 19.8 Å². The maximum Gasteiger partial charge on any atom is 0.344 e. The Morgan fingerprint density at radius 3 is 2.68 bits per heavy atom. The summed E-state index contributed by atoms with van der Waals surface area (Å²) < 4.78 is 21.9. The standard InChI is InChI=1S/C22H20BrN3O8/c1-3-31-18-8-13(7-16(23)21(18)33-12-20(27)32-4-2)11-24-25-22(28)19-10-14-9-15(26(29)30)5-6-17(14)34-19/h5-11H,3-4,12H2,1-2H3,(H,25,28)/b24-11-. The quantitative estimate of drug-likeness (QED) is 0.176. The number of nitrogens with zero attached hydrogens (tertiary/aromatic N) is 2. The van der Waals surface area contributed by atoms with Crippen LogP contribution < -0.4 is 14.9 Å². The van der Waals surface area contributed by atoms with Gasteiger partial charge in [0, 0.05) is 17.5 Å². The van der Waals surface area contributed by atoms with E-state index in [0.717, 1.165) is 0 Å². The third kappa shape index (κ3) is 6.10. The number of non-ortho nitro benzene ring substituents is 1. The molecule has 0 saturated carbocycles. The summed E-state index contributed by atoms with van der Waals surface area (Å²) in [6.07, 6.45) is 1.38. The third-order valence-electron chi connectivity index (χ3n) is 4.29. The maximum absolute atomic E-state index is 12.4. The number of hydrazone groups is 1. The predicted molar refractivity (Wildman–Crippen MR) is 125 cm³/mol. The highest BCUT2D eigenvalue weighted by atomic mass is 79.9. The Morgan fingerprint density at radius 2 is 1.97 bits per heavy atom.